The second-order valence-corrected chi connectivity index (χ2v) is 5.45. The van der Waals surface area contributed by atoms with Crippen LogP contribution in [-0.2, 0) is 9.53 Å². The fourth-order valence-corrected chi connectivity index (χ4v) is 2.37. The van der Waals surface area contributed by atoms with Crippen LogP contribution in [0, 0.1) is 24.0 Å². The number of benzene rings is 2. The maximum absolute atomic E-state index is 12.0. The zero-order valence-electron chi connectivity index (χ0n) is 13.1. The molecule has 6 heteroatoms. The molecule has 0 fully saturated rings. The van der Waals surface area contributed by atoms with Gasteiger partial charge in [-0.25, -0.2) is 9.79 Å². The topological polar surface area (TPSA) is 81.8 Å². The van der Waals surface area contributed by atoms with Crippen LogP contribution in [0.25, 0.3) is 6.08 Å². The third-order valence-corrected chi connectivity index (χ3v) is 3.75. The number of carbonyl (C=O) groups excluding carboxylic acids is 1. The minimum Gasteiger partial charge on any atom is -0.402 e. The van der Waals surface area contributed by atoms with Crippen molar-refractivity contribution in [2.24, 2.45) is 4.99 Å². The van der Waals surface area contributed by atoms with Crippen LogP contribution in [0.15, 0.2) is 53.2 Å². The van der Waals surface area contributed by atoms with Gasteiger partial charge in [-0.1, -0.05) is 30.3 Å². The maximum Gasteiger partial charge on any atom is 0.363 e. The molecule has 24 heavy (non-hydrogen) atoms. The molecule has 2 aromatic rings. The number of aliphatic imine (C=N–C) groups is 1. The quantitative estimate of drug-likeness (QED) is 0.374. The molecule has 120 valence electrons. The molecule has 0 saturated heterocycles. The number of carbonyl (C=O) groups is 1. The zero-order chi connectivity index (χ0) is 17.3. The highest BCUT2D eigenvalue weighted by Crippen LogP contribution is 2.24. The number of nitro groups is 1. The standard InChI is InChI=1S/C18H14N2O4/c1-11-5-3-4-6-13(11)9-15-18(21)24-17(19-15)14-8-7-12(2)16(10-14)20(22)23/h3-10H,1-2H3. The van der Waals surface area contributed by atoms with Crippen molar-refractivity contribution in [2.75, 3.05) is 0 Å². The van der Waals surface area contributed by atoms with Gasteiger partial charge in [-0.2, -0.15) is 0 Å². The van der Waals surface area contributed by atoms with E-state index in [1.807, 2.05) is 31.2 Å². The number of esters is 1. The minimum absolute atomic E-state index is 0.0393. The molecule has 0 aromatic heterocycles. The van der Waals surface area contributed by atoms with Crippen molar-refractivity contribution in [2.45, 2.75) is 13.8 Å². The van der Waals surface area contributed by atoms with Gasteiger partial charge in [0.15, 0.2) is 5.70 Å². The van der Waals surface area contributed by atoms with Crippen molar-refractivity contribution < 1.29 is 14.5 Å². The van der Waals surface area contributed by atoms with Crippen LogP contribution in [0.3, 0.4) is 0 Å². The van der Waals surface area contributed by atoms with Gasteiger partial charge in [-0.05, 0) is 37.1 Å². The number of cyclic esters (lactones) is 1. The SMILES string of the molecule is Cc1ccccc1C=C1N=C(c2ccc(C)c([N+](=O)[O-])c2)OC1=O. The summed E-state index contributed by atoms with van der Waals surface area (Å²) in [7, 11) is 0. The monoisotopic (exact) mass is 322 g/mol. The molecule has 0 atom stereocenters. The molecule has 0 radical (unpaired) electrons. The fourth-order valence-electron chi connectivity index (χ4n) is 2.37. The van der Waals surface area contributed by atoms with Crippen LogP contribution in [0.4, 0.5) is 5.69 Å². The molecular formula is C18H14N2O4. The van der Waals surface area contributed by atoms with Gasteiger partial charge in [0.2, 0.25) is 5.90 Å². The molecule has 0 unspecified atom stereocenters. The molecule has 0 saturated carbocycles. The lowest BCUT2D eigenvalue weighted by atomic mass is 10.1. The highest BCUT2D eigenvalue weighted by Gasteiger charge is 2.25. The van der Waals surface area contributed by atoms with E-state index >= 15 is 0 Å². The zero-order valence-corrected chi connectivity index (χ0v) is 13.1. The summed E-state index contributed by atoms with van der Waals surface area (Å²) >= 11 is 0. The van der Waals surface area contributed by atoms with Gasteiger partial charge < -0.3 is 4.74 Å². The van der Waals surface area contributed by atoms with Crippen molar-refractivity contribution in [1.29, 1.82) is 0 Å². The summed E-state index contributed by atoms with van der Waals surface area (Å²) in [6, 6.07) is 12.2. The van der Waals surface area contributed by atoms with Gasteiger partial charge >= 0.3 is 5.97 Å². The number of ether oxygens (including phenoxy) is 1. The predicted molar refractivity (Wildman–Crippen MR) is 89.6 cm³/mol. The van der Waals surface area contributed by atoms with Gasteiger partial charge in [-0.3, -0.25) is 10.1 Å². The molecule has 1 heterocycles. The Balaban J connectivity index is 2.00. The molecule has 1 aliphatic heterocycles. The van der Waals surface area contributed by atoms with Gasteiger partial charge in [0.05, 0.1) is 4.92 Å². The molecule has 0 bridgehead atoms. The Hall–Kier alpha value is -3.28. The molecular weight excluding hydrogens is 308 g/mol. The van der Waals surface area contributed by atoms with Crippen molar-refractivity contribution >= 4 is 23.6 Å². The molecule has 0 spiro atoms. The Kier molecular flexibility index (Phi) is 3.95. The number of hydrogen-bond acceptors (Lipinski definition) is 5. The summed E-state index contributed by atoms with van der Waals surface area (Å²) in [6.07, 6.45) is 1.65. The lowest BCUT2D eigenvalue weighted by molar-refractivity contribution is -0.385. The van der Waals surface area contributed by atoms with Gasteiger partial charge in [0.25, 0.3) is 5.69 Å². The normalized spacial score (nSPS) is 15.3. The van der Waals surface area contributed by atoms with Crippen LogP contribution in [0.1, 0.15) is 22.3 Å². The smallest absolute Gasteiger partial charge is 0.363 e. The van der Waals surface area contributed by atoms with E-state index < -0.39 is 10.9 Å². The summed E-state index contributed by atoms with van der Waals surface area (Å²) in [5, 5.41) is 11.0. The van der Waals surface area contributed by atoms with Crippen LogP contribution in [-0.4, -0.2) is 16.8 Å². The van der Waals surface area contributed by atoms with E-state index in [0.717, 1.165) is 11.1 Å². The van der Waals surface area contributed by atoms with E-state index in [9.17, 15) is 14.9 Å². The lowest BCUT2D eigenvalue weighted by Gasteiger charge is -2.01. The Labute approximate surface area is 138 Å². The third-order valence-electron chi connectivity index (χ3n) is 3.75. The third kappa shape index (κ3) is 2.94. The Morgan fingerprint density at radius 2 is 1.88 bits per heavy atom. The number of nitrogens with zero attached hydrogens (tertiary/aromatic N) is 2. The maximum atomic E-state index is 12.0. The van der Waals surface area contributed by atoms with Crippen LogP contribution in [0.5, 0.6) is 0 Å². The van der Waals surface area contributed by atoms with Crippen molar-refractivity contribution in [3.63, 3.8) is 0 Å². The number of aryl methyl sites for hydroxylation is 2. The second kappa shape index (κ2) is 6.08. The van der Waals surface area contributed by atoms with Crippen molar-refractivity contribution in [1.82, 2.24) is 0 Å². The average molecular weight is 322 g/mol. The molecule has 2 aromatic carbocycles. The summed E-state index contributed by atoms with van der Waals surface area (Å²) in [4.78, 5) is 26.8. The van der Waals surface area contributed by atoms with E-state index in [-0.39, 0.29) is 17.3 Å². The molecule has 0 amide bonds. The second-order valence-electron chi connectivity index (χ2n) is 5.45. The average Bonchev–Trinajstić information content (AvgIpc) is 2.91. The summed E-state index contributed by atoms with van der Waals surface area (Å²) in [6.45, 7) is 3.58. The summed E-state index contributed by atoms with van der Waals surface area (Å²) < 4.78 is 5.17. The number of hydrogen-bond donors (Lipinski definition) is 0. The van der Waals surface area contributed by atoms with Crippen molar-refractivity contribution in [3.05, 3.63) is 80.5 Å². The summed E-state index contributed by atoms with van der Waals surface area (Å²) in [5.74, 6) is -0.501. The van der Waals surface area contributed by atoms with Crippen LogP contribution < -0.4 is 0 Å². The highest BCUT2D eigenvalue weighted by molar-refractivity contribution is 6.13. The lowest BCUT2D eigenvalue weighted by Crippen LogP contribution is -2.06. The fraction of sp³-hybridized carbons (Fsp3) is 0.111. The first-order valence-corrected chi connectivity index (χ1v) is 7.29. The largest absolute Gasteiger partial charge is 0.402 e. The molecule has 0 aliphatic carbocycles. The van der Waals surface area contributed by atoms with Crippen molar-refractivity contribution in [3.8, 4) is 0 Å². The Morgan fingerprint density at radius 1 is 1.12 bits per heavy atom. The number of rotatable bonds is 3. The van der Waals surface area contributed by atoms with Gasteiger partial charge in [0, 0.05) is 17.2 Å². The highest BCUT2D eigenvalue weighted by atomic mass is 16.6. The minimum atomic E-state index is -0.573. The first-order valence-electron chi connectivity index (χ1n) is 7.29. The van der Waals surface area contributed by atoms with E-state index in [0.29, 0.717) is 11.1 Å². The molecule has 0 N–H and O–H groups in total. The Morgan fingerprint density at radius 3 is 2.58 bits per heavy atom. The molecule has 3 rings (SSSR count). The van der Waals surface area contributed by atoms with Gasteiger partial charge in [0.1, 0.15) is 0 Å². The van der Waals surface area contributed by atoms with E-state index in [1.165, 1.54) is 6.07 Å². The van der Waals surface area contributed by atoms with E-state index in [2.05, 4.69) is 4.99 Å². The predicted octanol–water partition coefficient (Wildman–Crippen LogP) is 3.56. The van der Waals surface area contributed by atoms with Crippen LogP contribution in [0.2, 0.25) is 0 Å². The Bertz CT molecular complexity index is 913. The summed E-state index contributed by atoms with van der Waals surface area (Å²) in [5.41, 5.74) is 2.93. The van der Waals surface area contributed by atoms with E-state index in [4.69, 9.17) is 4.74 Å². The van der Waals surface area contributed by atoms with Gasteiger partial charge in [-0.15, -0.1) is 0 Å². The first-order chi connectivity index (χ1) is 11.5. The van der Waals surface area contributed by atoms with Crippen LogP contribution >= 0.6 is 0 Å². The number of nitro benzene ring substituents is 1. The first kappa shape index (κ1) is 15.6. The molecule has 6 nitrogen and oxygen atoms in total. The van der Waals surface area contributed by atoms with E-state index in [1.54, 1.807) is 25.1 Å². The molecule has 1 aliphatic rings.